The Labute approximate surface area is 111 Å². The zero-order valence-corrected chi connectivity index (χ0v) is 11.6. The van der Waals surface area contributed by atoms with Crippen molar-refractivity contribution >= 4 is 21.9 Å². The molecule has 1 aromatic heterocycles. The summed E-state index contributed by atoms with van der Waals surface area (Å²) in [6, 6.07) is 7.81. The van der Waals surface area contributed by atoms with Gasteiger partial charge in [0.2, 0.25) is 5.43 Å². The second-order valence-corrected chi connectivity index (χ2v) is 5.27. The van der Waals surface area contributed by atoms with Crippen LogP contribution in [0.25, 0.3) is 21.9 Å². The standard InChI is InChI=1S/C17H16O2/c1-9-5-6-14-13(7-9)16(18)15-12(4)10(2)8-11(3)17(15)19-14/h5-8H,1-4H3. The molecule has 0 radical (unpaired) electrons. The second kappa shape index (κ2) is 3.95. The van der Waals surface area contributed by atoms with Gasteiger partial charge in [0.25, 0.3) is 0 Å². The highest BCUT2D eigenvalue weighted by atomic mass is 16.3. The van der Waals surface area contributed by atoms with E-state index >= 15 is 0 Å². The van der Waals surface area contributed by atoms with Crippen molar-refractivity contribution in [3.05, 3.63) is 56.7 Å². The molecule has 0 fully saturated rings. The molecule has 0 aliphatic carbocycles. The second-order valence-electron chi connectivity index (χ2n) is 5.27. The summed E-state index contributed by atoms with van der Waals surface area (Å²) >= 11 is 0. The van der Waals surface area contributed by atoms with Crippen LogP contribution in [0.3, 0.4) is 0 Å². The minimum atomic E-state index is 0.0734. The maximum Gasteiger partial charge on any atom is 0.200 e. The molecule has 0 saturated carbocycles. The minimum Gasteiger partial charge on any atom is -0.456 e. The van der Waals surface area contributed by atoms with Crippen LogP contribution in [0.4, 0.5) is 0 Å². The number of hydrogen-bond acceptors (Lipinski definition) is 2. The lowest BCUT2D eigenvalue weighted by Crippen LogP contribution is -2.06. The van der Waals surface area contributed by atoms with Crippen molar-refractivity contribution < 1.29 is 4.42 Å². The third kappa shape index (κ3) is 1.67. The van der Waals surface area contributed by atoms with Crippen LogP contribution in [0.1, 0.15) is 22.3 Å². The van der Waals surface area contributed by atoms with E-state index in [-0.39, 0.29) is 5.43 Å². The fourth-order valence-corrected chi connectivity index (χ4v) is 2.62. The van der Waals surface area contributed by atoms with Crippen LogP contribution in [0.15, 0.2) is 33.5 Å². The monoisotopic (exact) mass is 252 g/mol. The molecule has 3 aromatic rings. The first-order chi connectivity index (χ1) is 8.99. The van der Waals surface area contributed by atoms with Crippen LogP contribution in [-0.4, -0.2) is 0 Å². The van der Waals surface area contributed by atoms with Crippen LogP contribution >= 0.6 is 0 Å². The first kappa shape index (κ1) is 12.0. The average Bonchev–Trinajstić information content (AvgIpc) is 2.37. The highest BCUT2D eigenvalue weighted by Gasteiger charge is 2.13. The highest BCUT2D eigenvalue weighted by Crippen LogP contribution is 2.26. The molecule has 0 aliphatic rings. The molecule has 3 rings (SSSR count). The van der Waals surface area contributed by atoms with Gasteiger partial charge < -0.3 is 4.42 Å². The van der Waals surface area contributed by atoms with E-state index < -0.39 is 0 Å². The van der Waals surface area contributed by atoms with Crippen LogP contribution in [0.5, 0.6) is 0 Å². The van der Waals surface area contributed by atoms with E-state index in [1.807, 2.05) is 45.9 Å². The van der Waals surface area contributed by atoms with E-state index in [0.29, 0.717) is 16.6 Å². The molecule has 0 saturated heterocycles. The maximum absolute atomic E-state index is 12.7. The van der Waals surface area contributed by atoms with Gasteiger partial charge >= 0.3 is 0 Å². The summed E-state index contributed by atoms with van der Waals surface area (Å²) in [5, 5.41) is 1.39. The van der Waals surface area contributed by atoms with Gasteiger partial charge in [-0.3, -0.25) is 4.79 Å². The molecule has 96 valence electrons. The first-order valence-corrected chi connectivity index (χ1v) is 6.43. The molecule has 0 aliphatic heterocycles. The number of aryl methyl sites for hydroxylation is 4. The van der Waals surface area contributed by atoms with Crippen molar-refractivity contribution in [2.75, 3.05) is 0 Å². The van der Waals surface area contributed by atoms with Gasteiger partial charge in [-0.2, -0.15) is 0 Å². The lowest BCUT2D eigenvalue weighted by molar-refractivity contribution is 0.656. The van der Waals surface area contributed by atoms with E-state index in [4.69, 9.17) is 4.42 Å². The van der Waals surface area contributed by atoms with Crippen LogP contribution < -0.4 is 5.43 Å². The fraction of sp³-hybridized carbons (Fsp3) is 0.235. The third-order valence-electron chi connectivity index (χ3n) is 3.80. The van der Waals surface area contributed by atoms with Crippen molar-refractivity contribution in [1.29, 1.82) is 0 Å². The Hall–Kier alpha value is -2.09. The Morgan fingerprint density at radius 2 is 1.68 bits per heavy atom. The zero-order chi connectivity index (χ0) is 13.7. The molecule has 2 heteroatoms. The molecule has 1 heterocycles. The molecule has 19 heavy (non-hydrogen) atoms. The smallest absolute Gasteiger partial charge is 0.200 e. The van der Waals surface area contributed by atoms with Gasteiger partial charge in [-0.1, -0.05) is 17.7 Å². The maximum atomic E-state index is 12.7. The quantitative estimate of drug-likeness (QED) is 0.562. The van der Waals surface area contributed by atoms with E-state index in [9.17, 15) is 4.79 Å². The van der Waals surface area contributed by atoms with Gasteiger partial charge in [0.1, 0.15) is 11.2 Å². The number of rotatable bonds is 0. The molecule has 0 unspecified atom stereocenters. The van der Waals surface area contributed by atoms with Gasteiger partial charge in [-0.05, 0) is 56.5 Å². The Balaban J connectivity index is 2.66. The molecule has 0 bridgehead atoms. The van der Waals surface area contributed by atoms with Crippen molar-refractivity contribution in [1.82, 2.24) is 0 Å². The average molecular weight is 252 g/mol. The van der Waals surface area contributed by atoms with Crippen molar-refractivity contribution in [2.24, 2.45) is 0 Å². The minimum absolute atomic E-state index is 0.0734. The first-order valence-electron chi connectivity index (χ1n) is 6.43. The van der Waals surface area contributed by atoms with Crippen molar-refractivity contribution in [3.63, 3.8) is 0 Å². The summed E-state index contributed by atoms with van der Waals surface area (Å²) in [6.45, 7) is 7.98. The predicted octanol–water partition coefficient (Wildman–Crippen LogP) is 4.18. The van der Waals surface area contributed by atoms with E-state index in [0.717, 1.165) is 27.6 Å². The Morgan fingerprint density at radius 3 is 2.42 bits per heavy atom. The number of fused-ring (bicyclic) bond motifs is 2. The SMILES string of the molecule is Cc1ccc2oc3c(C)cc(C)c(C)c3c(=O)c2c1. The zero-order valence-electron chi connectivity index (χ0n) is 11.6. The summed E-state index contributed by atoms with van der Waals surface area (Å²) in [4.78, 5) is 12.7. The summed E-state index contributed by atoms with van der Waals surface area (Å²) < 4.78 is 5.95. The van der Waals surface area contributed by atoms with E-state index in [1.165, 1.54) is 0 Å². The largest absolute Gasteiger partial charge is 0.456 e. The van der Waals surface area contributed by atoms with Crippen LogP contribution in [0, 0.1) is 27.7 Å². The van der Waals surface area contributed by atoms with Gasteiger partial charge in [0.15, 0.2) is 0 Å². The molecule has 0 atom stereocenters. The van der Waals surface area contributed by atoms with Gasteiger partial charge in [0.05, 0.1) is 10.8 Å². The predicted molar refractivity (Wildman–Crippen MR) is 78.9 cm³/mol. The Bertz CT molecular complexity index is 870. The Kier molecular flexibility index (Phi) is 2.49. The highest BCUT2D eigenvalue weighted by molar-refractivity contribution is 5.93. The number of hydrogen-bond donors (Lipinski definition) is 0. The van der Waals surface area contributed by atoms with Gasteiger partial charge in [-0.15, -0.1) is 0 Å². The molecule has 0 amide bonds. The topological polar surface area (TPSA) is 30.2 Å². The third-order valence-corrected chi connectivity index (χ3v) is 3.80. The molecule has 2 nitrogen and oxygen atoms in total. The molecular weight excluding hydrogens is 236 g/mol. The molecule has 0 N–H and O–H groups in total. The van der Waals surface area contributed by atoms with E-state index in [1.54, 1.807) is 0 Å². The molecular formula is C17H16O2. The number of benzene rings is 2. The lowest BCUT2D eigenvalue weighted by atomic mass is 9.99. The van der Waals surface area contributed by atoms with Crippen molar-refractivity contribution in [3.8, 4) is 0 Å². The normalized spacial score (nSPS) is 11.4. The lowest BCUT2D eigenvalue weighted by Gasteiger charge is -2.09. The van der Waals surface area contributed by atoms with Gasteiger partial charge in [-0.25, -0.2) is 0 Å². The van der Waals surface area contributed by atoms with Crippen LogP contribution in [-0.2, 0) is 0 Å². The molecule has 0 spiro atoms. The van der Waals surface area contributed by atoms with Crippen molar-refractivity contribution in [2.45, 2.75) is 27.7 Å². The Morgan fingerprint density at radius 1 is 0.947 bits per heavy atom. The van der Waals surface area contributed by atoms with E-state index in [2.05, 4.69) is 6.07 Å². The summed E-state index contributed by atoms with van der Waals surface area (Å²) in [5.41, 5.74) is 5.67. The summed E-state index contributed by atoms with van der Waals surface area (Å²) in [6.07, 6.45) is 0. The van der Waals surface area contributed by atoms with Crippen LogP contribution in [0.2, 0.25) is 0 Å². The summed E-state index contributed by atoms with van der Waals surface area (Å²) in [5.74, 6) is 0. The van der Waals surface area contributed by atoms with Gasteiger partial charge in [0, 0.05) is 0 Å². The molecule has 2 aromatic carbocycles. The fourth-order valence-electron chi connectivity index (χ4n) is 2.62. The summed E-state index contributed by atoms with van der Waals surface area (Å²) in [7, 11) is 0.